The summed E-state index contributed by atoms with van der Waals surface area (Å²) in [6.07, 6.45) is 5.48. The normalized spacial score (nSPS) is 33.9. The molecule has 2 aromatic rings. The number of aryl methyl sites for hydroxylation is 1. The molecule has 4 bridgehead atoms. The highest BCUT2D eigenvalue weighted by Crippen LogP contribution is 2.63. The van der Waals surface area contributed by atoms with E-state index in [4.69, 9.17) is 20.2 Å². The van der Waals surface area contributed by atoms with Crippen LogP contribution >= 0.6 is 0 Å². The van der Waals surface area contributed by atoms with Gasteiger partial charge in [0.25, 0.3) is 0 Å². The summed E-state index contributed by atoms with van der Waals surface area (Å²) in [5.41, 5.74) is 9.11. The fraction of sp³-hybridized carbons (Fsp3) is 0.545. The summed E-state index contributed by atoms with van der Waals surface area (Å²) in [6, 6.07) is 13.7. The number of rotatable bonds is 0. The second-order valence-electron chi connectivity index (χ2n) is 13.5. The molecule has 8 rings (SSSR count). The SMILES string of the molecule is CC1(C)CC2NC(=O)C3CC3(C)C3COc4ccccc4C3N3C(=O)CC(CCCCc4ccc(c2c4)O1)N=C3N. The van der Waals surface area contributed by atoms with Gasteiger partial charge in [-0.15, -0.1) is 0 Å². The monoisotopic (exact) mass is 556 g/mol. The number of carbonyl (C=O) groups is 2. The predicted molar refractivity (Wildman–Crippen MR) is 155 cm³/mol. The van der Waals surface area contributed by atoms with Crippen molar-refractivity contribution in [3.8, 4) is 11.5 Å². The molecule has 0 saturated heterocycles. The predicted octanol–water partition coefficient (Wildman–Crippen LogP) is 4.82. The third-order valence-electron chi connectivity index (χ3n) is 10.1. The third-order valence-corrected chi connectivity index (χ3v) is 10.1. The van der Waals surface area contributed by atoms with E-state index in [0.29, 0.717) is 19.4 Å². The lowest BCUT2D eigenvalue weighted by Gasteiger charge is -2.44. The van der Waals surface area contributed by atoms with Gasteiger partial charge in [-0.2, -0.15) is 0 Å². The molecule has 1 fully saturated rings. The highest BCUT2D eigenvalue weighted by Gasteiger charge is 2.63. The molecule has 8 nitrogen and oxygen atoms in total. The van der Waals surface area contributed by atoms with E-state index in [9.17, 15) is 9.59 Å². The number of hydrogen-bond acceptors (Lipinski definition) is 6. The van der Waals surface area contributed by atoms with Crippen molar-refractivity contribution in [2.75, 3.05) is 6.61 Å². The lowest BCUT2D eigenvalue weighted by molar-refractivity contribution is -0.132. The number of fused-ring (bicyclic) bond motifs is 6. The van der Waals surface area contributed by atoms with Crippen molar-refractivity contribution in [3.05, 3.63) is 59.2 Å². The first-order valence-corrected chi connectivity index (χ1v) is 15.1. The maximum absolute atomic E-state index is 14.0. The molecule has 6 aliphatic rings. The van der Waals surface area contributed by atoms with Crippen molar-refractivity contribution < 1.29 is 19.1 Å². The second kappa shape index (κ2) is 9.50. The van der Waals surface area contributed by atoms with Crippen molar-refractivity contribution >= 4 is 17.8 Å². The standard InChI is InChI=1S/C33H40N4O4/c1-32(2)17-25-22-14-19(12-13-27(22)41-32)8-4-5-9-20-15-28(38)37(31(34)35-20)29-21-10-6-7-11-26(21)40-18-24(29)33(3)16-23(33)30(39)36-25/h6-7,10-14,20,23-25,29H,4-5,8-9,15-18H2,1-3H3,(H2,34,35)(H,36,39). The van der Waals surface area contributed by atoms with Crippen LogP contribution in [-0.4, -0.2) is 40.9 Å². The van der Waals surface area contributed by atoms with Gasteiger partial charge < -0.3 is 20.5 Å². The first kappa shape index (κ1) is 26.4. The lowest BCUT2D eigenvalue weighted by Crippen LogP contribution is -2.53. The Labute approximate surface area is 241 Å². The number of aliphatic imine (C=N–C) groups is 1. The van der Waals surface area contributed by atoms with Gasteiger partial charge in [0.2, 0.25) is 11.8 Å². The molecule has 2 aromatic carbocycles. The first-order chi connectivity index (χ1) is 19.6. The second-order valence-corrected chi connectivity index (χ2v) is 13.5. The van der Waals surface area contributed by atoms with Crippen LogP contribution in [0.5, 0.6) is 11.5 Å². The van der Waals surface area contributed by atoms with Gasteiger partial charge in [0.05, 0.1) is 24.7 Å². The van der Waals surface area contributed by atoms with E-state index in [1.54, 1.807) is 4.90 Å². The molecule has 2 amide bonds. The van der Waals surface area contributed by atoms with Crippen molar-refractivity contribution in [2.24, 2.45) is 28.0 Å². The topological polar surface area (TPSA) is 106 Å². The molecule has 0 aromatic heterocycles. The number of para-hydroxylation sites is 1. The van der Waals surface area contributed by atoms with Gasteiger partial charge in [0, 0.05) is 35.8 Å². The minimum absolute atomic E-state index is 0.00485. The van der Waals surface area contributed by atoms with Crippen LogP contribution in [0.2, 0.25) is 0 Å². The summed E-state index contributed by atoms with van der Waals surface area (Å²) in [7, 11) is 0. The molecule has 3 N–H and O–H groups in total. The van der Waals surface area contributed by atoms with E-state index in [0.717, 1.165) is 54.7 Å². The Hall–Kier alpha value is -3.55. The van der Waals surface area contributed by atoms with Gasteiger partial charge >= 0.3 is 0 Å². The molecule has 5 aliphatic heterocycles. The zero-order valence-electron chi connectivity index (χ0n) is 24.2. The van der Waals surface area contributed by atoms with Gasteiger partial charge in [-0.3, -0.25) is 14.5 Å². The number of amides is 2. The van der Waals surface area contributed by atoms with Crippen molar-refractivity contribution in [2.45, 2.75) is 89.4 Å². The smallest absolute Gasteiger partial charge is 0.232 e. The van der Waals surface area contributed by atoms with Gasteiger partial charge in [0.1, 0.15) is 17.1 Å². The Kier molecular flexibility index (Phi) is 6.10. The van der Waals surface area contributed by atoms with E-state index in [2.05, 4.69) is 44.3 Å². The quantitative estimate of drug-likeness (QED) is 0.484. The highest BCUT2D eigenvalue weighted by atomic mass is 16.5. The molecular weight excluding hydrogens is 516 g/mol. The van der Waals surface area contributed by atoms with Gasteiger partial charge in [0.15, 0.2) is 5.96 Å². The van der Waals surface area contributed by atoms with Gasteiger partial charge in [-0.25, -0.2) is 4.99 Å². The van der Waals surface area contributed by atoms with Crippen LogP contribution in [0.1, 0.15) is 88.1 Å². The van der Waals surface area contributed by atoms with Crippen molar-refractivity contribution in [1.82, 2.24) is 10.2 Å². The van der Waals surface area contributed by atoms with E-state index in [1.807, 2.05) is 24.3 Å². The number of benzene rings is 2. The third kappa shape index (κ3) is 4.56. The Morgan fingerprint density at radius 3 is 2.68 bits per heavy atom. The van der Waals surface area contributed by atoms with Crippen LogP contribution in [0.15, 0.2) is 47.5 Å². The van der Waals surface area contributed by atoms with Crippen LogP contribution in [0.4, 0.5) is 0 Å². The fourth-order valence-electron chi connectivity index (χ4n) is 7.75. The highest BCUT2D eigenvalue weighted by molar-refractivity contribution is 5.99. The number of nitrogens with two attached hydrogens (primary N) is 1. The largest absolute Gasteiger partial charge is 0.493 e. The Morgan fingerprint density at radius 1 is 1.02 bits per heavy atom. The average molecular weight is 557 g/mol. The summed E-state index contributed by atoms with van der Waals surface area (Å²) in [4.78, 5) is 34.3. The van der Waals surface area contributed by atoms with E-state index in [-0.39, 0.29) is 58.8 Å². The minimum atomic E-state index is -0.383. The molecule has 8 heteroatoms. The van der Waals surface area contributed by atoms with Crippen LogP contribution in [0.3, 0.4) is 0 Å². The van der Waals surface area contributed by atoms with E-state index >= 15 is 0 Å². The maximum Gasteiger partial charge on any atom is 0.232 e. The summed E-state index contributed by atoms with van der Waals surface area (Å²) < 4.78 is 12.6. The average Bonchev–Trinajstić information content (AvgIpc) is 3.62. The van der Waals surface area contributed by atoms with Gasteiger partial charge in [-0.1, -0.05) is 43.7 Å². The molecule has 41 heavy (non-hydrogen) atoms. The number of guanidine groups is 1. The molecule has 0 radical (unpaired) electrons. The summed E-state index contributed by atoms with van der Waals surface area (Å²) in [5, 5.41) is 3.42. The number of nitrogens with zero attached hydrogens (tertiary/aromatic N) is 2. The zero-order valence-corrected chi connectivity index (χ0v) is 24.2. The summed E-state index contributed by atoms with van der Waals surface area (Å²) in [5.74, 6) is 1.67. The molecule has 1 saturated carbocycles. The van der Waals surface area contributed by atoms with Crippen molar-refractivity contribution in [3.63, 3.8) is 0 Å². The molecule has 6 atom stereocenters. The van der Waals surface area contributed by atoms with Crippen LogP contribution in [0, 0.1) is 17.3 Å². The number of ether oxygens (including phenoxy) is 2. The fourth-order valence-corrected chi connectivity index (χ4v) is 7.75. The van der Waals surface area contributed by atoms with E-state index < -0.39 is 0 Å². The summed E-state index contributed by atoms with van der Waals surface area (Å²) in [6.45, 7) is 6.74. The number of hydrogen-bond donors (Lipinski definition) is 2. The zero-order chi connectivity index (χ0) is 28.5. The van der Waals surface area contributed by atoms with Crippen LogP contribution in [-0.2, 0) is 16.0 Å². The van der Waals surface area contributed by atoms with E-state index in [1.165, 1.54) is 5.56 Å². The van der Waals surface area contributed by atoms with Crippen LogP contribution in [0.25, 0.3) is 0 Å². The maximum atomic E-state index is 14.0. The molecule has 5 heterocycles. The molecule has 6 unspecified atom stereocenters. The number of carbonyl (C=O) groups excluding carboxylic acids is 2. The molecule has 0 spiro atoms. The van der Waals surface area contributed by atoms with Gasteiger partial charge in [-0.05, 0) is 62.6 Å². The Morgan fingerprint density at radius 2 is 1.85 bits per heavy atom. The summed E-state index contributed by atoms with van der Waals surface area (Å²) >= 11 is 0. The molecule has 216 valence electrons. The van der Waals surface area contributed by atoms with Crippen molar-refractivity contribution in [1.29, 1.82) is 0 Å². The molecule has 1 aliphatic carbocycles. The minimum Gasteiger partial charge on any atom is -0.493 e. The molecular formula is C33H40N4O4. The van der Waals surface area contributed by atoms with Crippen LogP contribution < -0.4 is 20.5 Å². The Bertz CT molecular complexity index is 1440. The first-order valence-electron chi connectivity index (χ1n) is 15.1. The Balaban J connectivity index is 1.28. The number of nitrogens with one attached hydrogen (secondary N) is 1. The lowest BCUT2D eigenvalue weighted by atomic mass is 9.77.